The molecule has 1 fully saturated rings. The Balaban J connectivity index is 1.19. The lowest BCUT2D eigenvalue weighted by molar-refractivity contribution is 0.240. The molecule has 0 saturated heterocycles. The van der Waals surface area contributed by atoms with E-state index in [1.807, 2.05) is 48.5 Å². The van der Waals surface area contributed by atoms with E-state index in [4.69, 9.17) is 20.9 Å². The van der Waals surface area contributed by atoms with E-state index in [1.54, 1.807) is 0 Å². The summed E-state index contributed by atoms with van der Waals surface area (Å²) in [5.41, 5.74) is 15.9. The molecule has 4 nitrogen and oxygen atoms in total. The van der Waals surface area contributed by atoms with Crippen LogP contribution >= 0.6 is 0 Å². The number of nitrogens with two attached hydrogens (primary N) is 2. The predicted octanol–water partition coefficient (Wildman–Crippen LogP) is 13.4. The van der Waals surface area contributed by atoms with Crippen LogP contribution in [0.3, 0.4) is 0 Å². The minimum Gasteiger partial charge on any atom is -0.457 e. The molecule has 1 unspecified atom stereocenters. The third kappa shape index (κ3) is 11.3. The summed E-state index contributed by atoms with van der Waals surface area (Å²) in [6.07, 6.45) is 24.5. The van der Waals surface area contributed by atoms with Gasteiger partial charge in [0.25, 0.3) is 0 Å². The minimum atomic E-state index is -0.0289. The number of unbranched alkanes of at least 4 members (excludes halogenated alkanes) is 12. The zero-order valence-electron chi connectivity index (χ0n) is 30.0. The van der Waals surface area contributed by atoms with Gasteiger partial charge in [-0.3, -0.25) is 0 Å². The molecule has 49 heavy (non-hydrogen) atoms. The smallest absolute Gasteiger partial charge is 0.127 e. The van der Waals surface area contributed by atoms with Crippen molar-refractivity contribution in [1.29, 1.82) is 0 Å². The summed E-state index contributed by atoms with van der Waals surface area (Å²) in [5, 5.41) is 0. The molecule has 1 saturated carbocycles. The van der Waals surface area contributed by atoms with Gasteiger partial charge in [0.1, 0.15) is 23.0 Å². The molecule has 262 valence electrons. The van der Waals surface area contributed by atoms with Crippen LogP contribution in [0.15, 0.2) is 97.1 Å². The van der Waals surface area contributed by atoms with E-state index in [2.05, 4.69) is 55.5 Å². The topological polar surface area (TPSA) is 70.5 Å². The molecule has 0 heterocycles. The van der Waals surface area contributed by atoms with E-state index in [0.29, 0.717) is 0 Å². The van der Waals surface area contributed by atoms with E-state index < -0.39 is 0 Å². The zero-order chi connectivity index (χ0) is 34.2. The minimum absolute atomic E-state index is 0.0289. The molecule has 0 amide bonds. The molecule has 1 atom stereocenters. The van der Waals surface area contributed by atoms with Crippen LogP contribution < -0.4 is 20.9 Å². The first-order valence-corrected chi connectivity index (χ1v) is 19.3. The van der Waals surface area contributed by atoms with Crippen LogP contribution in [-0.4, -0.2) is 0 Å². The van der Waals surface area contributed by atoms with Crippen molar-refractivity contribution in [2.45, 2.75) is 128 Å². The number of ether oxygens (including phenoxy) is 2. The number of anilines is 2. The van der Waals surface area contributed by atoms with Crippen molar-refractivity contribution in [1.82, 2.24) is 0 Å². The monoisotopic (exact) mass is 660 g/mol. The third-order valence-corrected chi connectivity index (χ3v) is 10.6. The summed E-state index contributed by atoms with van der Waals surface area (Å²) in [7, 11) is 0. The van der Waals surface area contributed by atoms with Gasteiger partial charge in [0.05, 0.1) is 0 Å². The van der Waals surface area contributed by atoms with Crippen LogP contribution in [0, 0.1) is 5.92 Å². The molecule has 0 radical (unpaired) electrons. The van der Waals surface area contributed by atoms with Crippen molar-refractivity contribution < 1.29 is 9.47 Å². The Morgan fingerprint density at radius 2 is 0.878 bits per heavy atom. The Kier molecular flexibility index (Phi) is 14.3. The molecule has 1 aliphatic carbocycles. The average Bonchev–Trinajstić information content (AvgIpc) is 3.13. The van der Waals surface area contributed by atoms with Gasteiger partial charge in [0.2, 0.25) is 0 Å². The Morgan fingerprint density at radius 1 is 0.510 bits per heavy atom. The molecule has 1 aliphatic rings. The second-order valence-corrected chi connectivity index (χ2v) is 14.5. The first-order valence-electron chi connectivity index (χ1n) is 19.3. The third-order valence-electron chi connectivity index (χ3n) is 10.6. The van der Waals surface area contributed by atoms with Crippen LogP contribution in [0.4, 0.5) is 11.4 Å². The van der Waals surface area contributed by atoms with Crippen LogP contribution in [0.1, 0.15) is 134 Å². The Labute approximate surface area is 296 Å². The highest BCUT2D eigenvalue weighted by Gasteiger charge is 2.39. The van der Waals surface area contributed by atoms with E-state index in [1.165, 1.54) is 120 Å². The fourth-order valence-corrected chi connectivity index (χ4v) is 7.81. The molecule has 0 aliphatic heterocycles. The van der Waals surface area contributed by atoms with Crippen molar-refractivity contribution >= 4 is 11.4 Å². The lowest BCUT2D eigenvalue weighted by Crippen LogP contribution is -2.34. The molecule has 4 N–H and O–H groups in total. The lowest BCUT2D eigenvalue weighted by Gasteiger charge is -2.42. The Bertz CT molecular complexity index is 1390. The van der Waals surface area contributed by atoms with Gasteiger partial charge in [-0.15, -0.1) is 0 Å². The fraction of sp³-hybridized carbons (Fsp3) is 0.467. The fourth-order valence-electron chi connectivity index (χ4n) is 7.81. The molecular formula is C45H60N2O2. The second-order valence-electron chi connectivity index (χ2n) is 14.5. The van der Waals surface area contributed by atoms with Crippen LogP contribution in [-0.2, 0) is 5.41 Å². The molecule has 4 heteroatoms. The van der Waals surface area contributed by atoms with Gasteiger partial charge in [-0.25, -0.2) is 0 Å². The normalized spacial score (nSPS) is 15.6. The maximum atomic E-state index is 6.17. The number of hydrogen-bond acceptors (Lipinski definition) is 4. The van der Waals surface area contributed by atoms with Gasteiger partial charge in [-0.2, -0.15) is 0 Å². The summed E-state index contributed by atoms with van der Waals surface area (Å²) >= 11 is 0. The van der Waals surface area contributed by atoms with Crippen molar-refractivity contribution in [2.75, 3.05) is 11.5 Å². The average molecular weight is 661 g/mol. The highest BCUT2D eigenvalue weighted by atomic mass is 16.5. The number of hydrogen-bond donors (Lipinski definition) is 2. The first kappa shape index (κ1) is 36.4. The van der Waals surface area contributed by atoms with Crippen LogP contribution in [0.5, 0.6) is 23.0 Å². The van der Waals surface area contributed by atoms with Crippen molar-refractivity contribution in [3.05, 3.63) is 108 Å². The summed E-state index contributed by atoms with van der Waals surface area (Å²) in [6, 6.07) is 32.8. The summed E-state index contributed by atoms with van der Waals surface area (Å²) in [6.45, 7) is 2.30. The van der Waals surface area contributed by atoms with Gasteiger partial charge in [0, 0.05) is 16.8 Å². The number of benzene rings is 4. The molecule has 5 rings (SSSR count). The maximum Gasteiger partial charge on any atom is 0.127 e. The summed E-state index contributed by atoms with van der Waals surface area (Å²) < 4.78 is 12.3. The summed E-state index contributed by atoms with van der Waals surface area (Å²) in [4.78, 5) is 0. The van der Waals surface area contributed by atoms with E-state index >= 15 is 0 Å². The van der Waals surface area contributed by atoms with Crippen molar-refractivity contribution in [3.63, 3.8) is 0 Å². The Hall–Kier alpha value is -3.92. The lowest BCUT2D eigenvalue weighted by atomic mass is 9.61. The molecular weight excluding hydrogens is 601 g/mol. The van der Waals surface area contributed by atoms with Gasteiger partial charge in [0.15, 0.2) is 0 Å². The number of nitrogen functional groups attached to an aromatic ring is 2. The predicted molar refractivity (Wildman–Crippen MR) is 208 cm³/mol. The van der Waals surface area contributed by atoms with Gasteiger partial charge >= 0.3 is 0 Å². The summed E-state index contributed by atoms with van der Waals surface area (Å²) in [5.74, 6) is 4.01. The maximum absolute atomic E-state index is 6.17. The molecule has 0 aromatic heterocycles. The zero-order valence-corrected chi connectivity index (χ0v) is 30.0. The Morgan fingerprint density at radius 3 is 1.29 bits per heavy atom. The number of rotatable bonds is 20. The SMILES string of the molecule is CCCCCCCCCCCCCCCC1CCCC(c2ccc(Oc3ccc(N)cc3)cc2)(c2ccc(Oc3ccc(N)cc3)cc2)C1. The standard InChI is InChI=1S/C45H60N2O2/c1-2-3-4-5-6-7-8-9-10-11-12-13-14-16-36-17-15-34-45(35-36,37-18-26-41(27-19-37)48-43-30-22-39(46)23-31-43)38-20-28-42(29-21-38)49-44-32-24-40(47)25-33-44/h18-33,36H,2-17,34-35,46-47H2,1H3. The molecule has 0 bridgehead atoms. The van der Waals surface area contributed by atoms with Crippen LogP contribution in [0.2, 0.25) is 0 Å². The van der Waals surface area contributed by atoms with Gasteiger partial charge in [-0.05, 0) is 103 Å². The first-order chi connectivity index (χ1) is 24.0. The molecule has 4 aromatic carbocycles. The highest BCUT2D eigenvalue weighted by Crippen LogP contribution is 2.49. The van der Waals surface area contributed by atoms with E-state index in [-0.39, 0.29) is 5.41 Å². The van der Waals surface area contributed by atoms with E-state index in [0.717, 1.165) is 46.7 Å². The van der Waals surface area contributed by atoms with Crippen molar-refractivity contribution in [2.24, 2.45) is 5.92 Å². The highest BCUT2D eigenvalue weighted by molar-refractivity contribution is 5.47. The van der Waals surface area contributed by atoms with Gasteiger partial charge in [-0.1, -0.05) is 134 Å². The second kappa shape index (κ2) is 19.3. The molecule has 0 spiro atoms. The van der Waals surface area contributed by atoms with E-state index in [9.17, 15) is 0 Å². The van der Waals surface area contributed by atoms with Crippen molar-refractivity contribution in [3.8, 4) is 23.0 Å². The van der Waals surface area contributed by atoms with Crippen LogP contribution in [0.25, 0.3) is 0 Å². The molecule has 4 aromatic rings. The largest absolute Gasteiger partial charge is 0.457 e. The quantitative estimate of drug-likeness (QED) is 0.0731. The van der Waals surface area contributed by atoms with Gasteiger partial charge < -0.3 is 20.9 Å².